The van der Waals surface area contributed by atoms with Gasteiger partial charge in [-0.25, -0.2) is 15.0 Å². The van der Waals surface area contributed by atoms with Gasteiger partial charge in [0.2, 0.25) is 0 Å². The quantitative estimate of drug-likeness (QED) is 0.709. The smallest absolute Gasteiger partial charge is 0.316 e. The maximum absolute atomic E-state index is 12.8. The predicted molar refractivity (Wildman–Crippen MR) is 98.3 cm³/mol. The Morgan fingerprint density at radius 1 is 1.15 bits per heavy atom. The Kier molecular flexibility index (Phi) is 4.67. The van der Waals surface area contributed by atoms with Crippen LogP contribution in [0.5, 0.6) is 6.01 Å². The zero-order valence-corrected chi connectivity index (χ0v) is 14.8. The summed E-state index contributed by atoms with van der Waals surface area (Å²) in [5.74, 6) is -0.0823. The number of rotatable bonds is 3. The molecule has 2 aromatic heterocycles. The monoisotopic (exact) mass is 368 g/mol. The molecule has 1 amide bonds. The van der Waals surface area contributed by atoms with Crippen molar-refractivity contribution in [2.75, 3.05) is 13.1 Å². The first kappa shape index (κ1) is 16.7. The molecule has 6 nitrogen and oxygen atoms in total. The van der Waals surface area contributed by atoms with Crippen LogP contribution in [0.4, 0.5) is 0 Å². The Morgan fingerprint density at radius 2 is 1.96 bits per heavy atom. The van der Waals surface area contributed by atoms with Crippen molar-refractivity contribution in [3.05, 3.63) is 59.5 Å². The van der Waals surface area contributed by atoms with Gasteiger partial charge >= 0.3 is 6.01 Å². The molecule has 3 heterocycles. The lowest BCUT2D eigenvalue weighted by Gasteiger charge is -2.32. The van der Waals surface area contributed by atoms with Gasteiger partial charge in [0.15, 0.2) is 0 Å². The number of piperidine rings is 1. The number of nitrogens with zero attached hydrogens (tertiary/aromatic N) is 4. The SMILES string of the molecule is O=C(c1ccc2ccccc2n1)N1CCCC(Oc2ncc(Cl)cn2)C1. The number of halogens is 1. The summed E-state index contributed by atoms with van der Waals surface area (Å²) >= 11 is 5.79. The molecule has 1 atom stereocenters. The van der Waals surface area contributed by atoms with E-state index in [4.69, 9.17) is 16.3 Å². The molecule has 132 valence electrons. The van der Waals surface area contributed by atoms with E-state index >= 15 is 0 Å². The Morgan fingerprint density at radius 3 is 2.81 bits per heavy atom. The Balaban J connectivity index is 1.47. The van der Waals surface area contributed by atoms with Gasteiger partial charge in [-0.15, -0.1) is 0 Å². The number of para-hydroxylation sites is 1. The first-order valence-corrected chi connectivity index (χ1v) is 8.86. The average Bonchev–Trinajstić information content (AvgIpc) is 2.69. The zero-order valence-electron chi connectivity index (χ0n) is 14.0. The van der Waals surface area contributed by atoms with E-state index in [1.54, 1.807) is 11.0 Å². The lowest BCUT2D eigenvalue weighted by Crippen LogP contribution is -2.44. The van der Waals surface area contributed by atoms with Gasteiger partial charge in [0, 0.05) is 11.9 Å². The number of hydrogen-bond acceptors (Lipinski definition) is 5. The van der Waals surface area contributed by atoms with E-state index in [9.17, 15) is 4.79 Å². The molecule has 1 aromatic carbocycles. The fourth-order valence-electron chi connectivity index (χ4n) is 3.08. The van der Waals surface area contributed by atoms with Gasteiger partial charge in [0.1, 0.15) is 11.8 Å². The summed E-state index contributed by atoms with van der Waals surface area (Å²) in [5.41, 5.74) is 1.27. The van der Waals surface area contributed by atoms with Gasteiger partial charge in [0.25, 0.3) is 5.91 Å². The Bertz CT molecular complexity index is 932. The third-order valence-electron chi connectivity index (χ3n) is 4.35. The number of amides is 1. The molecule has 4 rings (SSSR count). The highest BCUT2D eigenvalue weighted by atomic mass is 35.5. The fourth-order valence-corrected chi connectivity index (χ4v) is 3.17. The van der Waals surface area contributed by atoms with E-state index in [-0.39, 0.29) is 18.0 Å². The summed E-state index contributed by atoms with van der Waals surface area (Å²) in [4.78, 5) is 27.2. The molecule has 1 fully saturated rings. The van der Waals surface area contributed by atoms with Crippen molar-refractivity contribution in [1.29, 1.82) is 0 Å². The molecule has 0 saturated carbocycles. The molecule has 0 spiro atoms. The topological polar surface area (TPSA) is 68.2 Å². The minimum absolute atomic E-state index is 0.0823. The summed E-state index contributed by atoms with van der Waals surface area (Å²) in [6.07, 6.45) is 4.55. The van der Waals surface area contributed by atoms with Crippen molar-refractivity contribution in [3.63, 3.8) is 0 Å². The molecule has 0 bridgehead atoms. The van der Waals surface area contributed by atoms with Crippen molar-refractivity contribution >= 4 is 28.4 Å². The summed E-state index contributed by atoms with van der Waals surface area (Å²) in [6, 6.07) is 11.7. The number of pyridine rings is 1. The molecule has 0 aliphatic carbocycles. The van der Waals surface area contributed by atoms with Crippen molar-refractivity contribution in [2.45, 2.75) is 18.9 Å². The van der Waals surface area contributed by atoms with E-state index in [1.807, 2.05) is 30.3 Å². The summed E-state index contributed by atoms with van der Waals surface area (Å²) < 4.78 is 5.80. The van der Waals surface area contributed by atoms with Crippen LogP contribution in [-0.2, 0) is 0 Å². The minimum Gasteiger partial charge on any atom is -0.458 e. The number of aromatic nitrogens is 3. The highest BCUT2D eigenvalue weighted by Crippen LogP contribution is 2.19. The molecular formula is C19H17ClN4O2. The van der Waals surface area contributed by atoms with Crippen LogP contribution in [0.25, 0.3) is 10.9 Å². The number of fused-ring (bicyclic) bond motifs is 1. The van der Waals surface area contributed by atoms with Crippen LogP contribution in [0, 0.1) is 0 Å². The van der Waals surface area contributed by atoms with Crippen molar-refractivity contribution < 1.29 is 9.53 Å². The molecular weight excluding hydrogens is 352 g/mol. The van der Waals surface area contributed by atoms with Gasteiger partial charge in [-0.2, -0.15) is 0 Å². The molecule has 1 saturated heterocycles. The second-order valence-corrected chi connectivity index (χ2v) is 6.64. The Labute approximate surface area is 155 Å². The molecule has 1 aliphatic rings. The van der Waals surface area contributed by atoms with E-state index in [2.05, 4.69) is 15.0 Å². The van der Waals surface area contributed by atoms with Gasteiger partial charge < -0.3 is 9.64 Å². The molecule has 0 N–H and O–H groups in total. The van der Waals surface area contributed by atoms with Crippen molar-refractivity contribution in [3.8, 4) is 6.01 Å². The summed E-state index contributed by atoms with van der Waals surface area (Å²) in [7, 11) is 0. The Hall–Kier alpha value is -2.73. The molecule has 3 aromatic rings. The van der Waals surface area contributed by atoms with Gasteiger partial charge in [-0.3, -0.25) is 4.79 Å². The van der Waals surface area contributed by atoms with Crippen LogP contribution in [0.2, 0.25) is 5.02 Å². The predicted octanol–water partition coefficient (Wildman–Crippen LogP) is 3.36. The van der Waals surface area contributed by atoms with E-state index in [0.717, 1.165) is 23.7 Å². The number of benzene rings is 1. The van der Waals surface area contributed by atoms with Crippen LogP contribution >= 0.6 is 11.6 Å². The number of carbonyl (C=O) groups excluding carboxylic acids is 1. The first-order chi connectivity index (χ1) is 12.7. The highest BCUT2D eigenvalue weighted by Gasteiger charge is 2.27. The summed E-state index contributed by atoms with van der Waals surface area (Å²) in [5, 5.41) is 1.48. The highest BCUT2D eigenvalue weighted by molar-refractivity contribution is 6.30. The van der Waals surface area contributed by atoms with E-state index < -0.39 is 0 Å². The van der Waals surface area contributed by atoms with Gasteiger partial charge in [-0.1, -0.05) is 35.9 Å². The molecule has 0 radical (unpaired) electrons. The largest absolute Gasteiger partial charge is 0.458 e. The first-order valence-electron chi connectivity index (χ1n) is 8.48. The minimum atomic E-state index is -0.144. The van der Waals surface area contributed by atoms with Crippen molar-refractivity contribution in [1.82, 2.24) is 19.9 Å². The zero-order chi connectivity index (χ0) is 17.9. The average molecular weight is 369 g/mol. The maximum Gasteiger partial charge on any atom is 0.316 e. The fraction of sp³-hybridized carbons (Fsp3) is 0.263. The van der Waals surface area contributed by atoms with Crippen LogP contribution in [0.15, 0.2) is 48.8 Å². The van der Waals surface area contributed by atoms with Crippen LogP contribution in [-0.4, -0.2) is 45.0 Å². The molecule has 1 unspecified atom stereocenters. The van der Waals surface area contributed by atoms with Crippen LogP contribution < -0.4 is 4.74 Å². The van der Waals surface area contributed by atoms with Gasteiger partial charge in [0.05, 0.1) is 29.5 Å². The third kappa shape index (κ3) is 3.60. The maximum atomic E-state index is 12.8. The number of carbonyl (C=O) groups is 1. The number of hydrogen-bond donors (Lipinski definition) is 0. The second kappa shape index (κ2) is 7.25. The summed E-state index contributed by atoms with van der Waals surface area (Å²) in [6.45, 7) is 1.17. The molecule has 7 heteroatoms. The lowest BCUT2D eigenvalue weighted by atomic mass is 10.1. The van der Waals surface area contributed by atoms with E-state index in [1.165, 1.54) is 12.4 Å². The number of likely N-dealkylation sites (tertiary alicyclic amines) is 1. The lowest BCUT2D eigenvalue weighted by molar-refractivity contribution is 0.0511. The van der Waals surface area contributed by atoms with Crippen molar-refractivity contribution in [2.24, 2.45) is 0 Å². The number of ether oxygens (including phenoxy) is 1. The third-order valence-corrected chi connectivity index (χ3v) is 4.55. The standard InChI is InChI=1S/C19H17ClN4O2/c20-14-10-21-19(22-11-14)26-15-5-3-9-24(12-15)18(25)17-8-7-13-4-1-2-6-16(13)23-17/h1-2,4,6-8,10-11,15H,3,5,9,12H2. The molecule has 26 heavy (non-hydrogen) atoms. The van der Waals surface area contributed by atoms with Gasteiger partial charge in [-0.05, 0) is 25.0 Å². The van der Waals surface area contributed by atoms with Crippen LogP contribution in [0.3, 0.4) is 0 Å². The second-order valence-electron chi connectivity index (χ2n) is 6.21. The normalized spacial score (nSPS) is 17.3. The molecule has 1 aliphatic heterocycles. The van der Waals surface area contributed by atoms with Crippen LogP contribution in [0.1, 0.15) is 23.3 Å². The van der Waals surface area contributed by atoms with E-state index in [0.29, 0.717) is 23.8 Å².